The molecule has 0 aliphatic heterocycles. The van der Waals surface area contributed by atoms with Gasteiger partial charge in [-0.05, 0) is 55.8 Å². The van der Waals surface area contributed by atoms with Crippen molar-refractivity contribution in [2.45, 2.75) is 13.8 Å². The molecule has 0 spiro atoms. The summed E-state index contributed by atoms with van der Waals surface area (Å²) in [5.41, 5.74) is 3.28. The number of aliphatic imine (C=N–C) groups is 1. The quantitative estimate of drug-likeness (QED) is 0.735. The van der Waals surface area contributed by atoms with E-state index in [1.165, 1.54) is 5.56 Å². The van der Waals surface area contributed by atoms with Gasteiger partial charge in [0.2, 0.25) is 0 Å². The van der Waals surface area contributed by atoms with Gasteiger partial charge < -0.3 is 4.74 Å². The third kappa shape index (κ3) is 3.45. The summed E-state index contributed by atoms with van der Waals surface area (Å²) >= 11 is 0. The summed E-state index contributed by atoms with van der Waals surface area (Å²) < 4.78 is 5.39. The third-order valence-corrected chi connectivity index (χ3v) is 2.59. The molecule has 0 saturated heterocycles. The molecule has 2 rings (SSSR count). The van der Waals surface area contributed by atoms with E-state index < -0.39 is 0 Å². The molecular weight excluding hydrogens is 222 g/mol. The van der Waals surface area contributed by atoms with Crippen LogP contribution in [0.4, 0.5) is 5.69 Å². The Morgan fingerprint density at radius 3 is 2.28 bits per heavy atom. The van der Waals surface area contributed by atoms with Gasteiger partial charge in [0, 0.05) is 6.21 Å². The van der Waals surface area contributed by atoms with Crippen molar-refractivity contribution in [1.82, 2.24) is 0 Å². The Kier molecular flexibility index (Phi) is 4.13. The van der Waals surface area contributed by atoms with E-state index in [0.29, 0.717) is 6.61 Å². The molecule has 0 saturated carbocycles. The van der Waals surface area contributed by atoms with Gasteiger partial charge in [0.05, 0.1) is 12.3 Å². The maximum Gasteiger partial charge on any atom is 0.119 e. The Morgan fingerprint density at radius 1 is 1.00 bits per heavy atom. The lowest BCUT2D eigenvalue weighted by molar-refractivity contribution is 0.340. The predicted molar refractivity (Wildman–Crippen MR) is 76.0 cm³/mol. The van der Waals surface area contributed by atoms with E-state index >= 15 is 0 Å². The minimum Gasteiger partial charge on any atom is -0.494 e. The van der Waals surface area contributed by atoms with Crippen molar-refractivity contribution >= 4 is 11.9 Å². The minimum absolute atomic E-state index is 0.691. The molecule has 18 heavy (non-hydrogen) atoms. The van der Waals surface area contributed by atoms with Gasteiger partial charge in [0.25, 0.3) is 0 Å². The zero-order valence-electron chi connectivity index (χ0n) is 10.8. The van der Waals surface area contributed by atoms with Crippen LogP contribution in [0.2, 0.25) is 0 Å². The standard InChI is InChI=1S/C16H17NO/c1-3-18-16-10-6-14(7-11-16)12-17-15-8-4-13(2)5-9-15/h4-12H,3H2,1-2H3. The fourth-order valence-corrected chi connectivity index (χ4v) is 1.60. The maximum absolute atomic E-state index is 5.39. The summed E-state index contributed by atoms with van der Waals surface area (Å²) in [6.45, 7) is 4.74. The first kappa shape index (κ1) is 12.4. The number of aryl methyl sites for hydroxylation is 1. The number of hydrogen-bond acceptors (Lipinski definition) is 2. The van der Waals surface area contributed by atoms with Crippen molar-refractivity contribution in [3.05, 3.63) is 59.7 Å². The molecular formula is C16H17NO. The lowest BCUT2D eigenvalue weighted by Gasteiger charge is -2.02. The molecule has 0 amide bonds. The van der Waals surface area contributed by atoms with Crippen molar-refractivity contribution in [3.63, 3.8) is 0 Å². The number of nitrogens with zero attached hydrogens (tertiary/aromatic N) is 1. The molecule has 2 aromatic carbocycles. The monoisotopic (exact) mass is 239 g/mol. The molecule has 0 bridgehead atoms. The molecule has 0 unspecified atom stereocenters. The smallest absolute Gasteiger partial charge is 0.119 e. The number of rotatable bonds is 4. The molecule has 0 fully saturated rings. The lowest BCUT2D eigenvalue weighted by Crippen LogP contribution is -1.91. The van der Waals surface area contributed by atoms with Crippen LogP contribution in [0.25, 0.3) is 0 Å². The molecule has 0 aliphatic rings. The fourth-order valence-electron chi connectivity index (χ4n) is 1.60. The minimum atomic E-state index is 0.691. The van der Waals surface area contributed by atoms with Gasteiger partial charge >= 0.3 is 0 Å². The van der Waals surface area contributed by atoms with Crippen LogP contribution in [-0.4, -0.2) is 12.8 Å². The highest BCUT2D eigenvalue weighted by molar-refractivity contribution is 5.82. The van der Waals surface area contributed by atoms with Crippen molar-refractivity contribution in [3.8, 4) is 5.75 Å². The second kappa shape index (κ2) is 6.01. The third-order valence-electron chi connectivity index (χ3n) is 2.59. The SMILES string of the molecule is CCOc1ccc(C=Nc2ccc(C)cc2)cc1. The summed E-state index contributed by atoms with van der Waals surface area (Å²) in [6, 6.07) is 16.1. The first-order valence-corrected chi connectivity index (χ1v) is 6.11. The van der Waals surface area contributed by atoms with Crippen LogP contribution in [-0.2, 0) is 0 Å². The Labute approximate surface area is 108 Å². The first-order valence-electron chi connectivity index (χ1n) is 6.11. The zero-order chi connectivity index (χ0) is 12.8. The van der Waals surface area contributed by atoms with Crippen molar-refractivity contribution < 1.29 is 4.74 Å². The summed E-state index contributed by atoms with van der Waals surface area (Å²) in [7, 11) is 0. The van der Waals surface area contributed by atoms with Gasteiger partial charge in [-0.3, -0.25) is 4.99 Å². The molecule has 0 radical (unpaired) electrons. The predicted octanol–water partition coefficient (Wildman–Crippen LogP) is 4.14. The van der Waals surface area contributed by atoms with Gasteiger partial charge in [0.1, 0.15) is 5.75 Å². The average Bonchev–Trinajstić information content (AvgIpc) is 2.40. The van der Waals surface area contributed by atoms with E-state index in [1.54, 1.807) is 0 Å². The van der Waals surface area contributed by atoms with Crippen molar-refractivity contribution in [2.75, 3.05) is 6.61 Å². The zero-order valence-corrected chi connectivity index (χ0v) is 10.8. The van der Waals surface area contributed by atoms with Crippen molar-refractivity contribution in [1.29, 1.82) is 0 Å². The van der Waals surface area contributed by atoms with E-state index in [2.05, 4.69) is 24.0 Å². The molecule has 2 nitrogen and oxygen atoms in total. The van der Waals surface area contributed by atoms with Crippen LogP contribution >= 0.6 is 0 Å². The molecule has 0 N–H and O–H groups in total. The van der Waals surface area contributed by atoms with Crippen LogP contribution in [0.5, 0.6) is 5.75 Å². The van der Waals surface area contributed by atoms with E-state index in [4.69, 9.17) is 4.74 Å². The highest BCUT2D eigenvalue weighted by Gasteiger charge is 1.92. The molecule has 2 aromatic rings. The summed E-state index contributed by atoms with van der Waals surface area (Å²) in [6.07, 6.45) is 1.86. The summed E-state index contributed by atoms with van der Waals surface area (Å²) in [5, 5.41) is 0. The largest absolute Gasteiger partial charge is 0.494 e. The Bertz CT molecular complexity index is 512. The maximum atomic E-state index is 5.39. The molecule has 0 heterocycles. The first-order chi connectivity index (χ1) is 8.78. The highest BCUT2D eigenvalue weighted by Crippen LogP contribution is 2.14. The molecule has 0 aliphatic carbocycles. The summed E-state index contributed by atoms with van der Waals surface area (Å²) in [5.74, 6) is 0.894. The second-order valence-corrected chi connectivity index (χ2v) is 4.10. The van der Waals surface area contributed by atoms with Crippen LogP contribution < -0.4 is 4.74 Å². The van der Waals surface area contributed by atoms with Crippen LogP contribution in [0.15, 0.2) is 53.5 Å². The van der Waals surface area contributed by atoms with E-state index in [0.717, 1.165) is 17.0 Å². The van der Waals surface area contributed by atoms with Crippen LogP contribution in [0, 0.1) is 6.92 Å². The number of benzene rings is 2. The summed E-state index contributed by atoms with van der Waals surface area (Å²) in [4.78, 5) is 4.43. The van der Waals surface area contributed by atoms with Gasteiger partial charge in [-0.25, -0.2) is 0 Å². The normalized spacial score (nSPS) is 10.8. The second-order valence-electron chi connectivity index (χ2n) is 4.10. The van der Waals surface area contributed by atoms with Gasteiger partial charge in [-0.2, -0.15) is 0 Å². The van der Waals surface area contributed by atoms with E-state index in [9.17, 15) is 0 Å². The fraction of sp³-hybridized carbons (Fsp3) is 0.188. The highest BCUT2D eigenvalue weighted by atomic mass is 16.5. The Balaban J connectivity index is 2.06. The van der Waals surface area contributed by atoms with Crippen LogP contribution in [0.1, 0.15) is 18.1 Å². The number of ether oxygens (including phenoxy) is 1. The van der Waals surface area contributed by atoms with E-state index in [-0.39, 0.29) is 0 Å². The van der Waals surface area contributed by atoms with Gasteiger partial charge in [0.15, 0.2) is 0 Å². The van der Waals surface area contributed by atoms with Gasteiger partial charge in [-0.1, -0.05) is 17.7 Å². The van der Waals surface area contributed by atoms with Crippen LogP contribution in [0.3, 0.4) is 0 Å². The molecule has 2 heteroatoms. The van der Waals surface area contributed by atoms with E-state index in [1.807, 2.05) is 49.5 Å². The topological polar surface area (TPSA) is 21.6 Å². The Hall–Kier alpha value is -2.09. The molecule has 0 aromatic heterocycles. The molecule has 0 atom stereocenters. The number of hydrogen-bond donors (Lipinski definition) is 0. The molecule has 92 valence electrons. The lowest BCUT2D eigenvalue weighted by atomic mass is 10.2. The van der Waals surface area contributed by atoms with Crippen molar-refractivity contribution in [2.24, 2.45) is 4.99 Å². The average molecular weight is 239 g/mol. The van der Waals surface area contributed by atoms with Gasteiger partial charge in [-0.15, -0.1) is 0 Å². The Morgan fingerprint density at radius 2 is 1.67 bits per heavy atom.